The van der Waals surface area contributed by atoms with Crippen LogP contribution in [0.15, 0.2) is 42.6 Å². The molecule has 0 fully saturated rings. The maximum Gasteiger partial charge on any atom is 0.335 e. The van der Waals surface area contributed by atoms with E-state index < -0.39 is 17.7 Å². The molecule has 0 saturated heterocycles. The topological polar surface area (TPSA) is 93.6 Å². The van der Waals surface area contributed by atoms with Crippen molar-refractivity contribution in [2.45, 2.75) is 6.92 Å². The molecule has 0 unspecified atom stereocenters. The molecule has 0 aliphatic heterocycles. The normalized spacial score (nSPS) is 9.95. The largest absolute Gasteiger partial charge is 0.478 e. The minimum atomic E-state index is -1.13. The van der Waals surface area contributed by atoms with Gasteiger partial charge in [0.25, 0.3) is 0 Å². The Labute approximate surface area is 120 Å². The molecular weight excluding hydrogens is 274 g/mol. The first-order valence-corrected chi connectivity index (χ1v) is 6.00. The van der Waals surface area contributed by atoms with E-state index in [1.54, 1.807) is 0 Å². The van der Waals surface area contributed by atoms with Gasteiger partial charge in [0.15, 0.2) is 0 Å². The summed E-state index contributed by atoms with van der Waals surface area (Å²) in [6, 6.07) is 8.45. The summed E-state index contributed by atoms with van der Waals surface area (Å²) in [6.45, 7) is 1.28. The number of carboxylic acid groups (broad SMARTS) is 1. The van der Waals surface area contributed by atoms with Crippen LogP contribution in [0.1, 0.15) is 33.3 Å². The molecule has 1 heterocycles. The lowest BCUT2D eigenvalue weighted by molar-refractivity contribution is -0.131. The minimum Gasteiger partial charge on any atom is -0.478 e. The molecule has 2 rings (SSSR count). The lowest BCUT2D eigenvalue weighted by Gasteiger charge is -2.04. The standard InChI is InChI=1S/C15H11NO5/c1-9(17)21-12-4-2-10(3-5-12)14(18)13-8-11(15(19)20)6-7-16-13/h2-8H,1H3,(H,19,20). The molecule has 1 aromatic carbocycles. The fourth-order valence-corrected chi connectivity index (χ4v) is 1.68. The van der Waals surface area contributed by atoms with Crippen LogP contribution in [0.5, 0.6) is 5.75 Å². The van der Waals surface area contributed by atoms with E-state index in [0.29, 0.717) is 11.3 Å². The summed E-state index contributed by atoms with van der Waals surface area (Å²) >= 11 is 0. The Morgan fingerprint density at radius 2 is 1.71 bits per heavy atom. The van der Waals surface area contributed by atoms with Crippen molar-refractivity contribution >= 4 is 17.7 Å². The average Bonchev–Trinajstić information content (AvgIpc) is 2.47. The summed E-state index contributed by atoms with van der Waals surface area (Å²) in [5.41, 5.74) is 0.348. The van der Waals surface area contributed by atoms with Crippen LogP contribution in [0, 0.1) is 0 Å². The SMILES string of the molecule is CC(=O)Oc1ccc(C(=O)c2cc(C(=O)O)ccn2)cc1. The summed E-state index contributed by atoms with van der Waals surface area (Å²) < 4.78 is 4.86. The molecule has 0 bridgehead atoms. The summed E-state index contributed by atoms with van der Waals surface area (Å²) in [5.74, 6) is -1.67. The van der Waals surface area contributed by atoms with Gasteiger partial charge >= 0.3 is 11.9 Å². The quantitative estimate of drug-likeness (QED) is 0.524. The minimum absolute atomic E-state index is 0.00937. The molecule has 0 amide bonds. The van der Waals surface area contributed by atoms with Crippen molar-refractivity contribution < 1.29 is 24.2 Å². The number of rotatable bonds is 4. The number of nitrogens with zero attached hydrogens (tertiary/aromatic N) is 1. The monoisotopic (exact) mass is 285 g/mol. The second kappa shape index (κ2) is 5.96. The van der Waals surface area contributed by atoms with Gasteiger partial charge in [0.05, 0.1) is 5.56 Å². The number of carboxylic acids is 1. The first-order chi connectivity index (χ1) is 9.97. The first kappa shape index (κ1) is 14.4. The van der Waals surface area contributed by atoms with Crippen LogP contribution >= 0.6 is 0 Å². The third-order valence-corrected chi connectivity index (χ3v) is 2.62. The van der Waals surface area contributed by atoms with Crippen LogP contribution in [0.3, 0.4) is 0 Å². The fraction of sp³-hybridized carbons (Fsp3) is 0.0667. The van der Waals surface area contributed by atoms with Gasteiger partial charge in [-0.1, -0.05) is 0 Å². The van der Waals surface area contributed by atoms with E-state index >= 15 is 0 Å². The van der Waals surface area contributed by atoms with Crippen molar-refractivity contribution in [1.82, 2.24) is 4.98 Å². The molecule has 0 atom stereocenters. The second-order valence-corrected chi connectivity index (χ2v) is 4.18. The van der Waals surface area contributed by atoms with Crippen molar-refractivity contribution in [1.29, 1.82) is 0 Å². The fourth-order valence-electron chi connectivity index (χ4n) is 1.68. The molecule has 6 nitrogen and oxygen atoms in total. The molecule has 1 N–H and O–H groups in total. The molecule has 0 spiro atoms. The van der Waals surface area contributed by atoms with Gasteiger partial charge in [-0.05, 0) is 36.4 Å². The van der Waals surface area contributed by atoms with Crippen molar-refractivity contribution in [3.8, 4) is 5.75 Å². The van der Waals surface area contributed by atoms with E-state index in [2.05, 4.69) is 4.98 Å². The van der Waals surface area contributed by atoms with Crippen molar-refractivity contribution in [2.75, 3.05) is 0 Å². The van der Waals surface area contributed by atoms with Crippen molar-refractivity contribution in [3.05, 3.63) is 59.4 Å². The van der Waals surface area contributed by atoms with E-state index in [1.165, 1.54) is 49.5 Å². The number of carbonyl (C=O) groups excluding carboxylic acids is 2. The Balaban J connectivity index is 2.25. The average molecular weight is 285 g/mol. The van der Waals surface area contributed by atoms with E-state index in [1.807, 2.05) is 0 Å². The van der Waals surface area contributed by atoms with E-state index in [0.717, 1.165) is 0 Å². The number of carbonyl (C=O) groups is 3. The molecule has 0 aliphatic rings. The Bertz CT molecular complexity index is 706. The van der Waals surface area contributed by atoms with Crippen LogP contribution in [-0.2, 0) is 4.79 Å². The molecular formula is C15H11NO5. The van der Waals surface area contributed by atoms with Gasteiger partial charge in [-0.15, -0.1) is 0 Å². The molecule has 21 heavy (non-hydrogen) atoms. The van der Waals surface area contributed by atoms with Gasteiger partial charge in [0.1, 0.15) is 11.4 Å². The van der Waals surface area contributed by atoms with E-state index in [4.69, 9.17) is 9.84 Å². The third-order valence-electron chi connectivity index (χ3n) is 2.62. The molecule has 6 heteroatoms. The van der Waals surface area contributed by atoms with Crippen LogP contribution in [0.4, 0.5) is 0 Å². The third kappa shape index (κ3) is 3.50. The predicted octanol–water partition coefficient (Wildman–Crippen LogP) is 1.94. The summed E-state index contributed by atoms with van der Waals surface area (Å²) in [6.07, 6.45) is 1.27. The number of esters is 1. The van der Waals surface area contributed by atoms with Gasteiger partial charge in [-0.3, -0.25) is 14.6 Å². The molecule has 0 aliphatic carbocycles. The molecule has 106 valence electrons. The Morgan fingerprint density at radius 3 is 2.29 bits per heavy atom. The highest BCUT2D eigenvalue weighted by molar-refractivity contribution is 6.08. The number of aromatic nitrogens is 1. The molecule has 1 aromatic heterocycles. The number of aromatic carboxylic acids is 1. The summed E-state index contributed by atoms with van der Waals surface area (Å²) in [7, 11) is 0. The van der Waals surface area contributed by atoms with E-state index in [-0.39, 0.29) is 11.3 Å². The lowest BCUT2D eigenvalue weighted by atomic mass is 10.1. The van der Waals surface area contributed by atoms with Gasteiger partial charge in [-0.2, -0.15) is 0 Å². The number of benzene rings is 1. The number of ether oxygens (including phenoxy) is 1. The highest BCUT2D eigenvalue weighted by Gasteiger charge is 2.13. The van der Waals surface area contributed by atoms with Crippen LogP contribution in [0.2, 0.25) is 0 Å². The molecule has 2 aromatic rings. The summed E-state index contributed by atoms with van der Waals surface area (Å²) in [4.78, 5) is 37.7. The van der Waals surface area contributed by atoms with Crippen LogP contribution < -0.4 is 4.74 Å². The van der Waals surface area contributed by atoms with Crippen molar-refractivity contribution in [3.63, 3.8) is 0 Å². The van der Waals surface area contributed by atoms with Gasteiger partial charge in [-0.25, -0.2) is 4.79 Å². The Kier molecular flexibility index (Phi) is 4.08. The number of hydrogen-bond donors (Lipinski definition) is 1. The zero-order valence-corrected chi connectivity index (χ0v) is 11.1. The zero-order valence-electron chi connectivity index (χ0n) is 11.1. The van der Waals surface area contributed by atoms with Gasteiger partial charge in [0.2, 0.25) is 5.78 Å². The maximum atomic E-state index is 12.2. The number of ketones is 1. The second-order valence-electron chi connectivity index (χ2n) is 4.18. The highest BCUT2D eigenvalue weighted by atomic mass is 16.5. The molecule has 0 radical (unpaired) electrons. The first-order valence-electron chi connectivity index (χ1n) is 6.00. The smallest absolute Gasteiger partial charge is 0.335 e. The Hall–Kier alpha value is -3.02. The van der Waals surface area contributed by atoms with Gasteiger partial charge < -0.3 is 9.84 Å². The predicted molar refractivity (Wildman–Crippen MR) is 72.4 cm³/mol. The molecule has 0 saturated carbocycles. The highest BCUT2D eigenvalue weighted by Crippen LogP contribution is 2.15. The zero-order chi connectivity index (χ0) is 15.4. The van der Waals surface area contributed by atoms with Gasteiger partial charge in [0, 0.05) is 18.7 Å². The lowest BCUT2D eigenvalue weighted by Crippen LogP contribution is -2.07. The van der Waals surface area contributed by atoms with Crippen LogP contribution in [-0.4, -0.2) is 27.8 Å². The Morgan fingerprint density at radius 1 is 1.05 bits per heavy atom. The van der Waals surface area contributed by atoms with Crippen LogP contribution in [0.25, 0.3) is 0 Å². The van der Waals surface area contributed by atoms with E-state index in [9.17, 15) is 14.4 Å². The van der Waals surface area contributed by atoms with Crippen molar-refractivity contribution in [2.24, 2.45) is 0 Å². The summed E-state index contributed by atoms with van der Waals surface area (Å²) in [5, 5.41) is 8.89. The number of pyridine rings is 1. The maximum absolute atomic E-state index is 12.2. The number of hydrogen-bond acceptors (Lipinski definition) is 5.